The largest absolute Gasteiger partial charge is 0.373 e. The summed E-state index contributed by atoms with van der Waals surface area (Å²) >= 11 is 1.99. The van der Waals surface area contributed by atoms with Crippen molar-refractivity contribution in [1.82, 2.24) is 15.5 Å². The van der Waals surface area contributed by atoms with Crippen LogP contribution in [-0.2, 0) is 17.8 Å². The zero-order valence-electron chi connectivity index (χ0n) is 18.9. The zero-order valence-corrected chi connectivity index (χ0v) is 22.0. The third-order valence-electron chi connectivity index (χ3n) is 5.75. The smallest absolute Gasteiger partial charge is 0.191 e. The summed E-state index contributed by atoms with van der Waals surface area (Å²) in [6.07, 6.45) is 6.63. The van der Waals surface area contributed by atoms with Crippen LogP contribution in [0, 0.1) is 0 Å². The maximum atomic E-state index is 5.84. The highest BCUT2D eigenvalue weighted by atomic mass is 127. The van der Waals surface area contributed by atoms with E-state index in [4.69, 9.17) is 9.73 Å². The predicted molar refractivity (Wildman–Crippen MR) is 140 cm³/mol. The SMILES string of the molecule is CCNC(=NCc1ccc(CN2CC(C)OC(C)C2)cc1)NC1CCC(SC)C1.I. The maximum absolute atomic E-state index is 5.84. The van der Waals surface area contributed by atoms with Gasteiger partial charge in [0.2, 0.25) is 0 Å². The van der Waals surface area contributed by atoms with E-state index < -0.39 is 0 Å². The molecule has 1 aromatic rings. The van der Waals surface area contributed by atoms with Crippen LogP contribution in [0.2, 0.25) is 0 Å². The van der Waals surface area contributed by atoms with Crippen LogP contribution >= 0.6 is 35.7 Å². The van der Waals surface area contributed by atoms with Gasteiger partial charge in [-0.2, -0.15) is 11.8 Å². The molecular formula is C23H39IN4OS. The molecule has 0 bridgehead atoms. The molecule has 2 fully saturated rings. The number of thioether (sulfide) groups is 1. The first kappa shape index (κ1) is 25.7. The summed E-state index contributed by atoms with van der Waals surface area (Å²) in [6, 6.07) is 9.47. The number of hydrogen-bond donors (Lipinski definition) is 2. The highest BCUT2D eigenvalue weighted by Gasteiger charge is 2.24. The van der Waals surface area contributed by atoms with Gasteiger partial charge in [0.25, 0.3) is 0 Å². The standard InChI is InChI=1S/C23H38N4OS.HI/c1-5-24-23(26-21-10-11-22(12-21)29-4)25-13-19-6-8-20(9-7-19)16-27-14-17(2)28-18(3)15-27;/h6-9,17-18,21-22H,5,10-16H2,1-4H3,(H2,24,25,26);1H. The van der Waals surface area contributed by atoms with E-state index in [1.807, 2.05) is 11.8 Å². The summed E-state index contributed by atoms with van der Waals surface area (Å²) in [6.45, 7) is 11.0. The van der Waals surface area contributed by atoms with Crippen LogP contribution in [0.4, 0.5) is 0 Å². The van der Waals surface area contributed by atoms with Crippen molar-refractivity contribution in [2.45, 2.75) is 76.6 Å². The van der Waals surface area contributed by atoms with Crippen LogP contribution in [0.25, 0.3) is 0 Å². The molecule has 7 heteroatoms. The number of hydrogen-bond acceptors (Lipinski definition) is 4. The normalized spacial score (nSPS) is 27.5. The van der Waals surface area contributed by atoms with E-state index in [0.29, 0.717) is 24.8 Å². The van der Waals surface area contributed by atoms with Crippen LogP contribution in [0.15, 0.2) is 29.3 Å². The first-order valence-electron chi connectivity index (χ1n) is 11.1. The molecule has 170 valence electrons. The molecule has 4 unspecified atom stereocenters. The minimum absolute atomic E-state index is 0. The van der Waals surface area contributed by atoms with E-state index in [1.54, 1.807) is 0 Å². The van der Waals surface area contributed by atoms with E-state index in [-0.39, 0.29) is 24.0 Å². The Kier molecular flexibility index (Phi) is 11.3. The molecule has 5 nitrogen and oxygen atoms in total. The second kappa shape index (κ2) is 13.1. The molecule has 0 spiro atoms. The molecule has 0 radical (unpaired) electrons. The third-order valence-corrected chi connectivity index (χ3v) is 6.84. The highest BCUT2D eigenvalue weighted by Crippen LogP contribution is 2.28. The van der Waals surface area contributed by atoms with Gasteiger partial charge in [-0.05, 0) is 57.4 Å². The summed E-state index contributed by atoms with van der Waals surface area (Å²) in [5.74, 6) is 0.944. The van der Waals surface area contributed by atoms with Gasteiger partial charge in [0.15, 0.2) is 5.96 Å². The molecule has 2 aliphatic rings. The summed E-state index contributed by atoms with van der Waals surface area (Å²) in [4.78, 5) is 7.31. The number of benzene rings is 1. The van der Waals surface area contributed by atoms with Crippen molar-refractivity contribution >= 4 is 41.7 Å². The van der Waals surface area contributed by atoms with E-state index in [1.165, 1.54) is 30.4 Å². The van der Waals surface area contributed by atoms with Crippen molar-refractivity contribution < 1.29 is 4.74 Å². The van der Waals surface area contributed by atoms with Gasteiger partial charge in [-0.1, -0.05) is 24.3 Å². The Labute approximate surface area is 204 Å². The Hall–Kier alpha value is -0.510. The van der Waals surface area contributed by atoms with E-state index >= 15 is 0 Å². The van der Waals surface area contributed by atoms with E-state index in [9.17, 15) is 0 Å². The Morgan fingerprint density at radius 2 is 1.80 bits per heavy atom. The second-order valence-corrected chi connectivity index (χ2v) is 9.61. The van der Waals surface area contributed by atoms with E-state index in [0.717, 1.165) is 37.4 Å². The molecule has 1 heterocycles. The topological polar surface area (TPSA) is 48.9 Å². The molecular weight excluding hydrogens is 507 g/mol. The molecule has 1 saturated carbocycles. The number of aliphatic imine (C=N–C) groups is 1. The molecule has 2 N–H and O–H groups in total. The van der Waals surface area contributed by atoms with Gasteiger partial charge < -0.3 is 15.4 Å². The molecule has 1 saturated heterocycles. The Balaban J connectivity index is 0.00000320. The number of morpholine rings is 1. The van der Waals surface area contributed by atoms with Crippen molar-refractivity contribution in [3.8, 4) is 0 Å². The van der Waals surface area contributed by atoms with Crippen molar-refractivity contribution in [2.75, 3.05) is 25.9 Å². The molecule has 0 amide bonds. The fourth-order valence-corrected chi connectivity index (χ4v) is 5.19. The molecule has 1 aliphatic carbocycles. The van der Waals surface area contributed by atoms with Crippen molar-refractivity contribution in [3.05, 3.63) is 35.4 Å². The van der Waals surface area contributed by atoms with E-state index in [2.05, 4.69) is 66.8 Å². The summed E-state index contributed by atoms with van der Waals surface area (Å²) in [7, 11) is 0. The van der Waals surface area contributed by atoms with Gasteiger partial charge in [-0.25, -0.2) is 4.99 Å². The number of rotatable bonds is 7. The molecule has 4 atom stereocenters. The molecule has 0 aromatic heterocycles. The number of halogens is 1. The first-order chi connectivity index (χ1) is 14.1. The van der Waals surface area contributed by atoms with Crippen LogP contribution in [0.5, 0.6) is 0 Å². The Morgan fingerprint density at radius 1 is 1.13 bits per heavy atom. The van der Waals surface area contributed by atoms with Gasteiger partial charge in [-0.3, -0.25) is 4.90 Å². The highest BCUT2D eigenvalue weighted by molar-refractivity contribution is 14.0. The summed E-state index contributed by atoms with van der Waals surface area (Å²) < 4.78 is 5.84. The monoisotopic (exact) mass is 546 g/mol. The minimum Gasteiger partial charge on any atom is -0.373 e. The van der Waals surface area contributed by atoms with Crippen molar-refractivity contribution in [1.29, 1.82) is 0 Å². The molecule has 1 aromatic carbocycles. The lowest BCUT2D eigenvalue weighted by Gasteiger charge is -2.35. The molecule has 1 aliphatic heterocycles. The number of nitrogens with zero attached hydrogens (tertiary/aromatic N) is 2. The van der Waals surface area contributed by atoms with Gasteiger partial charge in [0.1, 0.15) is 0 Å². The molecule has 30 heavy (non-hydrogen) atoms. The van der Waals surface area contributed by atoms with Gasteiger partial charge in [0.05, 0.1) is 18.8 Å². The maximum Gasteiger partial charge on any atom is 0.191 e. The third kappa shape index (κ3) is 8.20. The number of nitrogens with one attached hydrogen (secondary N) is 2. The van der Waals surface area contributed by atoms with Crippen LogP contribution in [0.3, 0.4) is 0 Å². The van der Waals surface area contributed by atoms with Gasteiger partial charge in [0, 0.05) is 37.5 Å². The lowest BCUT2D eigenvalue weighted by molar-refractivity contribution is -0.0704. The predicted octanol–water partition coefficient (Wildman–Crippen LogP) is 4.25. The van der Waals surface area contributed by atoms with Crippen LogP contribution in [0.1, 0.15) is 51.2 Å². The van der Waals surface area contributed by atoms with Crippen LogP contribution < -0.4 is 10.6 Å². The Morgan fingerprint density at radius 3 is 2.40 bits per heavy atom. The molecule has 3 rings (SSSR count). The zero-order chi connectivity index (χ0) is 20.6. The quantitative estimate of drug-likeness (QED) is 0.304. The van der Waals surface area contributed by atoms with Gasteiger partial charge in [-0.15, -0.1) is 24.0 Å². The summed E-state index contributed by atoms with van der Waals surface area (Å²) in [5.41, 5.74) is 2.61. The summed E-state index contributed by atoms with van der Waals surface area (Å²) in [5, 5.41) is 7.82. The Bertz CT molecular complexity index is 647. The average Bonchev–Trinajstić information content (AvgIpc) is 3.14. The lowest BCUT2D eigenvalue weighted by Crippen LogP contribution is -2.44. The number of ether oxygens (including phenoxy) is 1. The van der Waals surface area contributed by atoms with Gasteiger partial charge >= 0.3 is 0 Å². The van der Waals surface area contributed by atoms with Crippen molar-refractivity contribution in [2.24, 2.45) is 4.99 Å². The fourth-order valence-electron chi connectivity index (χ4n) is 4.39. The minimum atomic E-state index is 0. The van der Waals surface area contributed by atoms with Crippen molar-refractivity contribution in [3.63, 3.8) is 0 Å². The van der Waals surface area contributed by atoms with Crippen LogP contribution in [-0.4, -0.2) is 60.2 Å². The second-order valence-electron chi connectivity index (χ2n) is 8.48. The lowest BCUT2D eigenvalue weighted by atomic mass is 10.1. The average molecular weight is 547 g/mol. The first-order valence-corrected chi connectivity index (χ1v) is 12.4. The number of guanidine groups is 1. The fraction of sp³-hybridized carbons (Fsp3) is 0.696.